The van der Waals surface area contributed by atoms with Gasteiger partial charge in [0.05, 0.1) is 11.6 Å². The topological polar surface area (TPSA) is 195 Å². The third-order valence-electron chi connectivity index (χ3n) is 10.7. The number of phenols is 1. The first kappa shape index (κ1) is 41.8. The molecule has 0 saturated heterocycles. The Kier molecular flexibility index (Phi) is 12.5. The number of aromatic hydroxyl groups is 1. The Labute approximate surface area is 333 Å². The fourth-order valence-electron chi connectivity index (χ4n) is 8.46. The van der Waals surface area contributed by atoms with Crippen molar-refractivity contribution >= 4 is 17.7 Å². The van der Waals surface area contributed by atoms with Gasteiger partial charge in [0.15, 0.2) is 5.69 Å². The molecule has 308 valence electrons. The van der Waals surface area contributed by atoms with Crippen molar-refractivity contribution in [1.29, 1.82) is 0 Å². The van der Waals surface area contributed by atoms with E-state index in [1.807, 2.05) is 30.3 Å². The van der Waals surface area contributed by atoms with Gasteiger partial charge in [-0.3, -0.25) is 0 Å². The van der Waals surface area contributed by atoms with Gasteiger partial charge >= 0.3 is 11.9 Å². The van der Waals surface area contributed by atoms with Crippen LogP contribution < -0.4 is 4.74 Å². The van der Waals surface area contributed by atoms with Crippen molar-refractivity contribution < 1.29 is 49.1 Å². The summed E-state index contributed by atoms with van der Waals surface area (Å²) in [6.07, 6.45) is 6.13. The minimum absolute atomic E-state index is 0.0266. The smallest absolute Gasteiger partial charge is 0.362 e. The van der Waals surface area contributed by atoms with Crippen LogP contribution in [0.1, 0.15) is 131 Å². The first-order chi connectivity index (χ1) is 27.0. The SMILES string of the molecule is CC(C)(C)OC(=O)c1nnn(C2CC(=NOCc3ccccc3)C3=CC(CCCCO)C(CCCCO)C4c5cc(O)ccc5OC2(O)C34)c1C(=O)OC(C)(C)C. The molecule has 0 bridgehead atoms. The lowest BCUT2D eigenvalue weighted by atomic mass is 9.55. The number of ether oxygens (including phenoxy) is 3. The number of phenolic OH excluding ortho intramolecular Hbond substituents is 1. The Morgan fingerprint density at radius 1 is 0.930 bits per heavy atom. The Morgan fingerprint density at radius 3 is 2.26 bits per heavy atom. The molecule has 0 spiro atoms. The number of oxime groups is 1. The zero-order valence-corrected chi connectivity index (χ0v) is 33.7. The number of carbonyl (C=O) groups is 2. The molecule has 14 nitrogen and oxygen atoms in total. The predicted octanol–water partition coefficient (Wildman–Crippen LogP) is 6.39. The lowest BCUT2D eigenvalue weighted by Gasteiger charge is -2.56. The van der Waals surface area contributed by atoms with Crippen LogP contribution in [-0.4, -0.2) is 83.3 Å². The van der Waals surface area contributed by atoms with Gasteiger partial charge < -0.3 is 39.5 Å². The number of carbonyl (C=O) groups excluding carboxylic acids is 2. The van der Waals surface area contributed by atoms with Gasteiger partial charge in [-0.1, -0.05) is 59.6 Å². The molecule has 57 heavy (non-hydrogen) atoms. The number of benzene rings is 2. The van der Waals surface area contributed by atoms with E-state index in [0.29, 0.717) is 48.3 Å². The van der Waals surface area contributed by atoms with Crippen molar-refractivity contribution in [3.05, 3.63) is 82.7 Å². The minimum atomic E-state index is -2.11. The van der Waals surface area contributed by atoms with E-state index in [4.69, 9.17) is 24.2 Å². The molecular weight excluding hydrogens is 732 g/mol. The molecule has 2 heterocycles. The molecule has 0 radical (unpaired) electrons. The summed E-state index contributed by atoms with van der Waals surface area (Å²) in [7, 11) is 0. The first-order valence-corrected chi connectivity index (χ1v) is 19.9. The van der Waals surface area contributed by atoms with Gasteiger partial charge in [0.2, 0.25) is 11.5 Å². The molecule has 3 aliphatic rings. The number of nitrogens with zero attached hydrogens (tertiary/aromatic N) is 4. The van der Waals surface area contributed by atoms with E-state index in [0.717, 1.165) is 18.4 Å². The Morgan fingerprint density at radius 2 is 1.60 bits per heavy atom. The third-order valence-corrected chi connectivity index (χ3v) is 10.7. The molecule has 0 amide bonds. The van der Waals surface area contributed by atoms with Crippen LogP contribution in [0.3, 0.4) is 0 Å². The van der Waals surface area contributed by atoms with Crippen LogP contribution >= 0.6 is 0 Å². The maximum Gasteiger partial charge on any atom is 0.362 e. The molecule has 14 heteroatoms. The number of hydrogen-bond acceptors (Lipinski definition) is 13. The largest absolute Gasteiger partial charge is 0.508 e. The second-order valence-corrected chi connectivity index (χ2v) is 17.2. The van der Waals surface area contributed by atoms with Gasteiger partial charge in [0, 0.05) is 31.1 Å². The summed E-state index contributed by atoms with van der Waals surface area (Å²) >= 11 is 0. The number of fused-ring (bicyclic) bond motifs is 2. The lowest BCUT2D eigenvalue weighted by Crippen LogP contribution is -2.62. The number of aliphatic hydroxyl groups excluding tert-OH is 2. The quantitative estimate of drug-likeness (QED) is 0.0800. The number of esters is 2. The third kappa shape index (κ3) is 9.18. The summed E-state index contributed by atoms with van der Waals surface area (Å²) in [5.74, 6) is -4.97. The van der Waals surface area contributed by atoms with Gasteiger partial charge in [0.25, 0.3) is 0 Å². The summed E-state index contributed by atoms with van der Waals surface area (Å²) in [5, 5.41) is 57.0. The predicted molar refractivity (Wildman–Crippen MR) is 210 cm³/mol. The number of allylic oxidation sites excluding steroid dienone is 1. The number of aliphatic hydroxyl groups is 3. The highest BCUT2D eigenvalue weighted by molar-refractivity contribution is 6.03. The van der Waals surface area contributed by atoms with Crippen LogP contribution in [0.2, 0.25) is 0 Å². The van der Waals surface area contributed by atoms with Crippen LogP contribution in [0.25, 0.3) is 0 Å². The fourth-order valence-corrected chi connectivity index (χ4v) is 8.46. The van der Waals surface area contributed by atoms with E-state index < -0.39 is 46.8 Å². The number of unbranched alkanes of at least 4 members (excludes halogenated alkanes) is 2. The van der Waals surface area contributed by atoms with E-state index >= 15 is 0 Å². The molecule has 1 saturated carbocycles. The molecule has 2 aromatic carbocycles. The highest BCUT2D eigenvalue weighted by atomic mass is 16.6. The van der Waals surface area contributed by atoms with Crippen molar-refractivity contribution in [2.75, 3.05) is 13.2 Å². The van der Waals surface area contributed by atoms with Crippen LogP contribution in [0.4, 0.5) is 0 Å². The number of aromatic nitrogens is 3. The van der Waals surface area contributed by atoms with Crippen LogP contribution in [0, 0.1) is 17.8 Å². The van der Waals surface area contributed by atoms with Crippen molar-refractivity contribution in [2.24, 2.45) is 22.9 Å². The Balaban J connectivity index is 1.57. The molecule has 4 N–H and O–H groups in total. The fraction of sp³-hybridized carbons (Fsp3) is 0.558. The Bertz CT molecular complexity index is 1960. The maximum atomic E-state index is 14.2. The number of rotatable bonds is 14. The molecule has 6 rings (SSSR count). The molecule has 2 aliphatic carbocycles. The van der Waals surface area contributed by atoms with Gasteiger partial charge in [-0.15, -0.1) is 5.10 Å². The van der Waals surface area contributed by atoms with Crippen molar-refractivity contribution in [2.45, 2.75) is 122 Å². The Hall–Kier alpha value is -4.79. The van der Waals surface area contributed by atoms with Crippen molar-refractivity contribution in [1.82, 2.24) is 15.0 Å². The summed E-state index contributed by atoms with van der Waals surface area (Å²) in [6.45, 7) is 10.4. The summed E-state index contributed by atoms with van der Waals surface area (Å²) in [4.78, 5) is 33.9. The van der Waals surface area contributed by atoms with E-state index in [1.165, 1.54) is 10.7 Å². The zero-order chi connectivity index (χ0) is 41.1. The van der Waals surface area contributed by atoms with Crippen LogP contribution in [0.5, 0.6) is 11.5 Å². The molecule has 6 unspecified atom stereocenters. The number of hydrogen-bond donors (Lipinski definition) is 4. The van der Waals surface area contributed by atoms with E-state index in [9.17, 15) is 30.0 Å². The maximum absolute atomic E-state index is 14.2. The first-order valence-electron chi connectivity index (χ1n) is 19.9. The second-order valence-electron chi connectivity index (χ2n) is 17.2. The summed E-state index contributed by atoms with van der Waals surface area (Å²) < 4.78 is 19.4. The standard InChI is InChI=1S/C43H56N4O10/c1-41(2,3)56-39(51)37-38(40(52)57-42(4,5)6)47(46-44-37)34-24-32(45-54-25-26-14-8-7-9-15-26)30-22-27(16-10-12-20-48)29(17-11-13-21-49)35-31-23-28(50)18-19-33(31)55-43(34,53)36(30)35/h7-9,14-15,18-19,22-23,27,29,34-36,48-50,53H,10-13,16-17,20-21,24-25H2,1-6H3. The van der Waals surface area contributed by atoms with E-state index in [-0.39, 0.29) is 55.2 Å². The van der Waals surface area contributed by atoms with Gasteiger partial charge in [0.1, 0.15) is 35.3 Å². The van der Waals surface area contributed by atoms with Gasteiger partial charge in [-0.25, -0.2) is 14.3 Å². The van der Waals surface area contributed by atoms with E-state index in [1.54, 1.807) is 53.7 Å². The summed E-state index contributed by atoms with van der Waals surface area (Å²) in [5.41, 5.74) is 0.162. The molecule has 1 fully saturated rings. The minimum Gasteiger partial charge on any atom is -0.508 e. The van der Waals surface area contributed by atoms with Gasteiger partial charge in [-0.05, 0) is 108 Å². The van der Waals surface area contributed by atoms with Gasteiger partial charge in [-0.2, -0.15) is 0 Å². The molecule has 6 atom stereocenters. The highest BCUT2D eigenvalue weighted by Crippen LogP contribution is 2.62. The van der Waals surface area contributed by atoms with Crippen LogP contribution in [-0.2, 0) is 20.9 Å². The molecule has 1 aliphatic heterocycles. The zero-order valence-electron chi connectivity index (χ0n) is 33.7. The molecular formula is C43H56N4O10. The average Bonchev–Trinajstić information content (AvgIpc) is 3.58. The average molecular weight is 789 g/mol. The van der Waals surface area contributed by atoms with Crippen molar-refractivity contribution in [3.8, 4) is 11.5 Å². The summed E-state index contributed by atoms with van der Waals surface area (Å²) in [6, 6.07) is 13.1. The highest BCUT2D eigenvalue weighted by Gasteiger charge is 2.64. The van der Waals surface area contributed by atoms with Crippen molar-refractivity contribution in [3.63, 3.8) is 0 Å². The van der Waals surface area contributed by atoms with E-state index in [2.05, 4.69) is 16.4 Å². The lowest BCUT2D eigenvalue weighted by molar-refractivity contribution is -0.225. The molecule has 1 aromatic heterocycles. The second kappa shape index (κ2) is 17.0. The van der Waals surface area contributed by atoms with Crippen LogP contribution in [0.15, 0.2) is 65.3 Å². The molecule has 3 aromatic rings. The normalized spacial score (nSPS) is 24.8. The monoisotopic (exact) mass is 788 g/mol.